The molecule has 0 bridgehead atoms. The van der Waals surface area contributed by atoms with Crippen molar-refractivity contribution in [1.29, 1.82) is 0 Å². The fraction of sp³-hybridized carbons (Fsp3) is 0.412. The summed E-state index contributed by atoms with van der Waals surface area (Å²) >= 11 is 1.16. The van der Waals surface area contributed by atoms with Crippen LogP contribution in [0.5, 0.6) is 0 Å². The molecule has 2 heterocycles. The Balaban J connectivity index is 1.48. The quantitative estimate of drug-likeness (QED) is 0.875. The van der Waals surface area contributed by atoms with E-state index >= 15 is 0 Å². The maximum Gasteiger partial charge on any atom is 0.267 e. The fourth-order valence-corrected chi connectivity index (χ4v) is 3.50. The van der Waals surface area contributed by atoms with Gasteiger partial charge in [-0.05, 0) is 30.1 Å². The van der Waals surface area contributed by atoms with E-state index in [4.69, 9.17) is 0 Å². The van der Waals surface area contributed by atoms with Crippen LogP contribution in [-0.2, 0) is 11.2 Å². The van der Waals surface area contributed by atoms with Crippen molar-refractivity contribution in [3.63, 3.8) is 0 Å². The first-order valence-electron chi connectivity index (χ1n) is 8.35. The van der Waals surface area contributed by atoms with Crippen molar-refractivity contribution in [2.24, 2.45) is 0 Å². The second-order valence-corrected chi connectivity index (χ2v) is 6.64. The molecule has 2 aromatic rings. The number of hydrogen-bond acceptors (Lipinski definition) is 6. The minimum atomic E-state index is -0.0362. The van der Waals surface area contributed by atoms with Crippen LogP contribution in [0.4, 0.5) is 5.69 Å². The topological polar surface area (TPSA) is 78.4 Å². The van der Waals surface area contributed by atoms with Crippen LogP contribution >= 0.6 is 11.5 Å². The van der Waals surface area contributed by atoms with E-state index in [-0.39, 0.29) is 11.8 Å². The van der Waals surface area contributed by atoms with Gasteiger partial charge in [0.1, 0.15) is 4.88 Å². The maximum atomic E-state index is 12.6. The highest BCUT2D eigenvalue weighted by atomic mass is 32.1. The first-order chi connectivity index (χ1) is 12.2. The molecular formula is C17H21N5O2S. The van der Waals surface area contributed by atoms with E-state index in [0.717, 1.165) is 22.9 Å². The third-order valence-corrected chi connectivity index (χ3v) is 4.93. The lowest BCUT2D eigenvalue weighted by molar-refractivity contribution is -0.117. The maximum absolute atomic E-state index is 12.6. The van der Waals surface area contributed by atoms with Crippen LogP contribution in [0.1, 0.15) is 22.3 Å². The molecule has 1 aliphatic heterocycles. The molecule has 1 N–H and O–H groups in total. The summed E-state index contributed by atoms with van der Waals surface area (Å²) in [6, 6.07) is 9.41. The third kappa shape index (κ3) is 4.40. The first kappa shape index (κ1) is 17.5. The highest BCUT2D eigenvalue weighted by molar-refractivity contribution is 7.08. The summed E-state index contributed by atoms with van der Waals surface area (Å²) in [5.74, 6) is -0.0360. The molecule has 2 amide bonds. The smallest absolute Gasteiger partial charge is 0.267 e. The van der Waals surface area contributed by atoms with E-state index in [0.29, 0.717) is 44.0 Å². The molecule has 0 radical (unpaired) electrons. The van der Waals surface area contributed by atoms with Crippen molar-refractivity contribution in [2.75, 3.05) is 38.0 Å². The van der Waals surface area contributed by atoms with Crippen molar-refractivity contribution in [1.82, 2.24) is 19.4 Å². The molecule has 7 nitrogen and oxygen atoms in total. The zero-order valence-corrected chi connectivity index (χ0v) is 15.0. The molecule has 25 heavy (non-hydrogen) atoms. The summed E-state index contributed by atoms with van der Waals surface area (Å²) < 4.78 is 3.88. The highest BCUT2D eigenvalue weighted by Crippen LogP contribution is 2.16. The Morgan fingerprint density at radius 2 is 1.88 bits per heavy atom. The Morgan fingerprint density at radius 1 is 1.16 bits per heavy atom. The molecule has 132 valence electrons. The number of piperazine rings is 1. The predicted octanol–water partition coefficient (Wildman–Crippen LogP) is 1.50. The molecule has 1 aliphatic rings. The summed E-state index contributed by atoms with van der Waals surface area (Å²) in [6.45, 7) is 4.89. The molecule has 0 aliphatic carbocycles. The van der Waals surface area contributed by atoms with Crippen LogP contribution < -0.4 is 5.32 Å². The van der Waals surface area contributed by atoms with Crippen LogP contribution in [0.25, 0.3) is 0 Å². The number of amides is 2. The van der Waals surface area contributed by atoms with Crippen molar-refractivity contribution in [3.05, 3.63) is 40.9 Å². The van der Waals surface area contributed by atoms with Crippen molar-refractivity contribution < 1.29 is 9.59 Å². The number of aryl methyl sites for hydroxylation is 1. The fourth-order valence-electron chi connectivity index (χ4n) is 2.78. The lowest BCUT2D eigenvalue weighted by Crippen LogP contribution is -2.50. The lowest BCUT2D eigenvalue weighted by atomic mass is 10.2. The van der Waals surface area contributed by atoms with Gasteiger partial charge in [-0.1, -0.05) is 29.6 Å². The van der Waals surface area contributed by atoms with Gasteiger partial charge in [-0.25, -0.2) is 0 Å². The number of aromatic nitrogens is 2. The number of anilines is 1. The van der Waals surface area contributed by atoms with Gasteiger partial charge in [0.15, 0.2) is 0 Å². The Labute approximate surface area is 150 Å². The zero-order valence-electron chi connectivity index (χ0n) is 14.1. The molecule has 0 saturated carbocycles. The summed E-state index contributed by atoms with van der Waals surface area (Å²) in [4.78, 5) is 29.2. The number of nitrogens with zero attached hydrogens (tertiary/aromatic N) is 4. The van der Waals surface area contributed by atoms with Crippen LogP contribution in [0.2, 0.25) is 0 Å². The number of carbonyl (C=O) groups is 2. The number of para-hydroxylation sites is 1. The van der Waals surface area contributed by atoms with Crippen LogP contribution in [0, 0.1) is 0 Å². The van der Waals surface area contributed by atoms with Gasteiger partial charge < -0.3 is 10.2 Å². The third-order valence-electron chi connectivity index (χ3n) is 4.17. The second kappa shape index (κ2) is 8.17. The number of hydrogen-bond donors (Lipinski definition) is 1. The van der Waals surface area contributed by atoms with Crippen LogP contribution in [-0.4, -0.2) is 63.9 Å². The molecule has 1 aromatic carbocycles. The summed E-state index contributed by atoms with van der Waals surface area (Å²) in [7, 11) is 0. The van der Waals surface area contributed by atoms with Gasteiger partial charge in [-0.3, -0.25) is 14.5 Å². The van der Waals surface area contributed by atoms with E-state index in [1.54, 1.807) is 0 Å². The standard InChI is InChI=1S/C17H21N5O2S/c1-2-14-16(25-20-19-14)17(24)22-10-8-21(9-11-22)12-15(23)18-13-6-4-3-5-7-13/h3-7H,2,8-12H2,1H3,(H,18,23). The van der Waals surface area contributed by atoms with Gasteiger partial charge in [-0.2, -0.15) is 0 Å². The SMILES string of the molecule is CCc1nnsc1C(=O)N1CCN(CC(=O)Nc2ccccc2)CC1. The molecule has 0 unspecified atom stereocenters. The molecule has 1 fully saturated rings. The van der Waals surface area contributed by atoms with Crippen molar-refractivity contribution in [3.8, 4) is 0 Å². The van der Waals surface area contributed by atoms with E-state index in [1.165, 1.54) is 0 Å². The molecule has 8 heteroatoms. The minimum Gasteiger partial charge on any atom is -0.335 e. The predicted molar refractivity (Wildman–Crippen MR) is 96.7 cm³/mol. The van der Waals surface area contributed by atoms with Gasteiger partial charge in [0.05, 0.1) is 12.2 Å². The largest absolute Gasteiger partial charge is 0.335 e. The molecular weight excluding hydrogens is 338 g/mol. The van der Waals surface area contributed by atoms with Gasteiger partial charge in [0.25, 0.3) is 5.91 Å². The number of nitrogens with one attached hydrogen (secondary N) is 1. The van der Waals surface area contributed by atoms with E-state index in [9.17, 15) is 9.59 Å². The van der Waals surface area contributed by atoms with Crippen molar-refractivity contribution >= 4 is 29.0 Å². The molecule has 3 rings (SSSR count). The summed E-state index contributed by atoms with van der Waals surface area (Å²) in [5.41, 5.74) is 1.56. The lowest BCUT2D eigenvalue weighted by Gasteiger charge is -2.34. The van der Waals surface area contributed by atoms with E-state index in [1.807, 2.05) is 42.2 Å². The average molecular weight is 359 g/mol. The average Bonchev–Trinajstić information content (AvgIpc) is 3.11. The Kier molecular flexibility index (Phi) is 5.72. The van der Waals surface area contributed by atoms with Gasteiger partial charge in [0.2, 0.25) is 5.91 Å². The monoisotopic (exact) mass is 359 g/mol. The summed E-state index contributed by atoms with van der Waals surface area (Å²) in [6.07, 6.45) is 0.706. The highest BCUT2D eigenvalue weighted by Gasteiger charge is 2.26. The van der Waals surface area contributed by atoms with Gasteiger partial charge >= 0.3 is 0 Å². The Hall–Kier alpha value is -2.32. The van der Waals surface area contributed by atoms with Crippen molar-refractivity contribution in [2.45, 2.75) is 13.3 Å². The zero-order chi connectivity index (χ0) is 17.6. The normalized spacial score (nSPS) is 15.2. The number of rotatable bonds is 5. The van der Waals surface area contributed by atoms with E-state index < -0.39 is 0 Å². The van der Waals surface area contributed by atoms with Gasteiger partial charge in [-0.15, -0.1) is 5.10 Å². The molecule has 0 spiro atoms. The van der Waals surface area contributed by atoms with Gasteiger partial charge in [0, 0.05) is 31.9 Å². The Bertz CT molecular complexity index is 726. The minimum absolute atomic E-state index is 0.000220. The molecule has 1 saturated heterocycles. The first-order valence-corrected chi connectivity index (χ1v) is 9.12. The number of carbonyl (C=O) groups excluding carboxylic acids is 2. The number of benzene rings is 1. The second-order valence-electron chi connectivity index (χ2n) is 5.88. The summed E-state index contributed by atoms with van der Waals surface area (Å²) in [5, 5.41) is 6.89. The Morgan fingerprint density at radius 3 is 2.56 bits per heavy atom. The molecule has 1 aromatic heterocycles. The van der Waals surface area contributed by atoms with Crippen LogP contribution in [0.15, 0.2) is 30.3 Å². The molecule has 0 atom stereocenters. The van der Waals surface area contributed by atoms with Crippen LogP contribution in [0.3, 0.4) is 0 Å². The van der Waals surface area contributed by atoms with E-state index in [2.05, 4.69) is 19.8 Å².